The Morgan fingerprint density at radius 2 is 1.88 bits per heavy atom. The number of rotatable bonds is 4. The molecule has 2 aromatic carbocycles. The van der Waals surface area contributed by atoms with Crippen molar-refractivity contribution < 1.29 is 9.47 Å². The first-order valence-electron chi connectivity index (χ1n) is 10.4. The lowest BCUT2D eigenvalue weighted by molar-refractivity contribution is 0.173. The van der Waals surface area contributed by atoms with E-state index in [2.05, 4.69) is 4.90 Å². The predicted octanol–water partition coefficient (Wildman–Crippen LogP) is 4.72. The van der Waals surface area contributed by atoms with Crippen LogP contribution in [0.3, 0.4) is 0 Å². The van der Waals surface area contributed by atoms with Crippen LogP contribution in [-0.4, -0.2) is 27.9 Å². The number of aromatic nitrogens is 2. The normalized spacial score (nSPS) is 15.2. The highest BCUT2D eigenvalue weighted by Gasteiger charge is 2.29. The second kappa shape index (κ2) is 8.31. The minimum atomic E-state index is -0.0273. The van der Waals surface area contributed by atoms with Crippen LogP contribution in [0, 0.1) is 6.92 Å². The molecule has 0 aliphatic carbocycles. The van der Waals surface area contributed by atoms with Crippen molar-refractivity contribution in [1.29, 1.82) is 0 Å². The molecule has 7 nitrogen and oxygen atoms in total. The molecule has 0 spiro atoms. The van der Waals surface area contributed by atoms with Crippen LogP contribution in [0.1, 0.15) is 23.7 Å². The fourth-order valence-electron chi connectivity index (χ4n) is 4.22. The van der Waals surface area contributed by atoms with Gasteiger partial charge in [0.25, 0.3) is 5.56 Å². The van der Waals surface area contributed by atoms with Crippen LogP contribution in [0.5, 0.6) is 11.5 Å². The lowest BCUT2D eigenvalue weighted by Crippen LogP contribution is -2.47. The zero-order valence-corrected chi connectivity index (χ0v) is 19.3. The summed E-state index contributed by atoms with van der Waals surface area (Å²) in [6.45, 7) is 5.62. The van der Waals surface area contributed by atoms with Crippen LogP contribution in [-0.2, 0) is 19.6 Å². The van der Waals surface area contributed by atoms with Crippen molar-refractivity contribution in [1.82, 2.24) is 14.5 Å². The van der Waals surface area contributed by atoms with Gasteiger partial charge < -0.3 is 9.47 Å². The van der Waals surface area contributed by atoms with Gasteiger partial charge in [-0.25, -0.2) is 4.98 Å². The minimum absolute atomic E-state index is 0.0273. The van der Waals surface area contributed by atoms with Gasteiger partial charge in [-0.05, 0) is 49.2 Å². The molecule has 0 saturated carbocycles. The summed E-state index contributed by atoms with van der Waals surface area (Å²) < 4.78 is 12.7. The van der Waals surface area contributed by atoms with E-state index in [1.165, 1.54) is 0 Å². The first-order chi connectivity index (χ1) is 15.4. The average Bonchev–Trinajstić information content (AvgIpc) is 3.22. The van der Waals surface area contributed by atoms with Gasteiger partial charge in [-0.3, -0.25) is 19.2 Å². The molecule has 0 atom stereocenters. The van der Waals surface area contributed by atoms with Crippen molar-refractivity contribution in [3.63, 3.8) is 0 Å². The van der Waals surface area contributed by atoms with Gasteiger partial charge in [-0.15, -0.1) is 0 Å². The second-order valence-electron chi connectivity index (χ2n) is 7.89. The Morgan fingerprint density at radius 3 is 2.66 bits per heavy atom. The number of benzene rings is 2. The number of fused-ring (bicyclic) bond motifs is 2. The number of aryl methyl sites for hydroxylation is 1. The molecule has 1 aromatic heterocycles. The Balaban J connectivity index is 1.56. The average molecular weight is 473 g/mol. The maximum absolute atomic E-state index is 13.3. The monoisotopic (exact) mass is 472 g/mol. The molecule has 32 heavy (non-hydrogen) atoms. The summed E-state index contributed by atoms with van der Waals surface area (Å²) in [7, 11) is 0. The Morgan fingerprint density at radius 1 is 1.06 bits per heavy atom. The molecular weight excluding hydrogens is 451 g/mol. The van der Waals surface area contributed by atoms with E-state index in [0.29, 0.717) is 42.3 Å². The van der Waals surface area contributed by atoms with Crippen LogP contribution in [0.4, 0.5) is 11.6 Å². The Labute approximate surface area is 195 Å². The summed E-state index contributed by atoms with van der Waals surface area (Å²) in [6, 6.07) is 11.2. The van der Waals surface area contributed by atoms with Gasteiger partial charge in [0.05, 0.1) is 24.0 Å². The highest BCUT2D eigenvalue weighted by molar-refractivity contribution is 6.36. The SMILES string of the molecule is CCc1c(C)nc2n(c1=O)CN(Cc1ccc3c(c1)OCO3)CN2c1ccc(Cl)cc1Cl. The molecule has 3 aromatic rings. The summed E-state index contributed by atoms with van der Waals surface area (Å²) in [5.41, 5.74) is 3.24. The van der Waals surface area contributed by atoms with Gasteiger partial charge in [0.15, 0.2) is 11.5 Å². The number of halogens is 2. The van der Waals surface area contributed by atoms with Crippen molar-refractivity contribution in [2.24, 2.45) is 0 Å². The lowest BCUT2D eigenvalue weighted by Gasteiger charge is -2.38. The molecule has 2 aliphatic rings. The molecule has 0 saturated heterocycles. The van der Waals surface area contributed by atoms with Crippen molar-refractivity contribution in [2.45, 2.75) is 33.5 Å². The Kier molecular flexibility index (Phi) is 5.49. The minimum Gasteiger partial charge on any atom is -0.454 e. The number of ether oxygens (including phenoxy) is 2. The third-order valence-corrected chi connectivity index (χ3v) is 6.31. The standard InChI is InChI=1S/C23H22Cl2N4O3/c1-3-17-14(2)26-23-28(19-6-5-16(24)9-18(19)25)11-27(12-29(23)22(17)30)10-15-4-7-20-21(8-15)32-13-31-20/h4-9H,3,10-13H2,1-2H3. The van der Waals surface area contributed by atoms with Gasteiger partial charge in [0.2, 0.25) is 12.7 Å². The van der Waals surface area contributed by atoms with E-state index in [9.17, 15) is 4.79 Å². The number of nitrogens with zero attached hydrogens (tertiary/aromatic N) is 4. The highest BCUT2D eigenvalue weighted by Crippen LogP contribution is 2.36. The van der Waals surface area contributed by atoms with Gasteiger partial charge in [0, 0.05) is 22.8 Å². The quantitative estimate of drug-likeness (QED) is 0.547. The smallest absolute Gasteiger partial charge is 0.259 e. The van der Waals surface area contributed by atoms with Gasteiger partial charge in [-0.2, -0.15) is 0 Å². The second-order valence-corrected chi connectivity index (χ2v) is 8.73. The molecule has 5 rings (SSSR count). The molecule has 3 heterocycles. The zero-order chi connectivity index (χ0) is 22.4. The Bertz CT molecular complexity index is 1260. The third-order valence-electron chi connectivity index (χ3n) is 5.77. The van der Waals surface area contributed by atoms with Crippen LogP contribution in [0.15, 0.2) is 41.2 Å². The maximum atomic E-state index is 13.3. The van der Waals surface area contributed by atoms with Gasteiger partial charge in [-0.1, -0.05) is 36.2 Å². The summed E-state index contributed by atoms with van der Waals surface area (Å²) in [4.78, 5) is 22.2. The Hall–Kier alpha value is -2.74. The number of hydrogen-bond acceptors (Lipinski definition) is 6. The van der Waals surface area contributed by atoms with E-state index in [-0.39, 0.29) is 12.4 Å². The van der Waals surface area contributed by atoms with Crippen molar-refractivity contribution in [3.05, 3.63) is 73.6 Å². The number of hydrogen-bond donors (Lipinski definition) is 0. The van der Waals surface area contributed by atoms with Crippen LogP contribution in [0.2, 0.25) is 10.0 Å². The number of anilines is 2. The first kappa shape index (κ1) is 21.1. The predicted molar refractivity (Wildman–Crippen MR) is 124 cm³/mol. The molecule has 166 valence electrons. The molecule has 0 bridgehead atoms. The fraction of sp³-hybridized carbons (Fsp3) is 0.304. The molecule has 9 heteroatoms. The maximum Gasteiger partial charge on any atom is 0.259 e. The molecule has 2 aliphatic heterocycles. The third kappa shape index (κ3) is 3.70. The molecule has 0 N–H and O–H groups in total. The van der Waals surface area contributed by atoms with Crippen molar-refractivity contribution in [3.8, 4) is 11.5 Å². The van der Waals surface area contributed by atoms with Crippen LogP contribution >= 0.6 is 23.2 Å². The zero-order valence-electron chi connectivity index (χ0n) is 17.8. The van der Waals surface area contributed by atoms with E-state index >= 15 is 0 Å². The molecular formula is C23H22Cl2N4O3. The molecule has 0 fully saturated rings. The van der Waals surface area contributed by atoms with E-state index in [4.69, 9.17) is 37.7 Å². The van der Waals surface area contributed by atoms with Crippen molar-refractivity contribution >= 4 is 34.8 Å². The van der Waals surface area contributed by atoms with Crippen LogP contribution < -0.4 is 19.9 Å². The summed E-state index contributed by atoms with van der Waals surface area (Å²) in [5.74, 6) is 2.06. The van der Waals surface area contributed by atoms with Gasteiger partial charge in [0.1, 0.15) is 0 Å². The van der Waals surface area contributed by atoms with Gasteiger partial charge >= 0.3 is 0 Å². The van der Waals surface area contributed by atoms with E-state index in [1.54, 1.807) is 16.7 Å². The summed E-state index contributed by atoms with van der Waals surface area (Å²) >= 11 is 12.7. The molecule has 0 amide bonds. The van der Waals surface area contributed by atoms with E-state index in [0.717, 1.165) is 34.0 Å². The fourth-order valence-corrected chi connectivity index (χ4v) is 4.73. The van der Waals surface area contributed by atoms with Crippen molar-refractivity contribution in [2.75, 3.05) is 18.4 Å². The molecule has 0 unspecified atom stereocenters. The van der Waals surface area contributed by atoms with E-state index < -0.39 is 0 Å². The van der Waals surface area contributed by atoms with Crippen LogP contribution in [0.25, 0.3) is 0 Å². The first-order valence-corrected chi connectivity index (χ1v) is 11.1. The summed E-state index contributed by atoms with van der Waals surface area (Å²) in [6.07, 6.45) is 0.627. The topological polar surface area (TPSA) is 59.8 Å². The molecule has 0 radical (unpaired) electrons. The largest absolute Gasteiger partial charge is 0.454 e. The summed E-state index contributed by atoms with van der Waals surface area (Å²) in [5, 5.41) is 1.05. The van der Waals surface area contributed by atoms with E-state index in [1.807, 2.05) is 43.0 Å². The lowest BCUT2D eigenvalue weighted by atomic mass is 10.1. The highest BCUT2D eigenvalue weighted by atomic mass is 35.5.